The Labute approximate surface area is 131 Å². The first-order valence-electron chi connectivity index (χ1n) is 6.58. The fourth-order valence-corrected chi connectivity index (χ4v) is 2.64. The van der Waals surface area contributed by atoms with Gasteiger partial charge >= 0.3 is 5.97 Å². The van der Waals surface area contributed by atoms with E-state index in [9.17, 15) is 14.7 Å². The lowest BCUT2D eigenvalue weighted by Gasteiger charge is -2.18. The van der Waals surface area contributed by atoms with Crippen molar-refractivity contribution in [2.75, 3.05) is 6.54 Å². The van der Waals surface area contributed by atoms with E-state index in [1.165, 1.54) is 11.3 Å². The van der Waals surface area contributed by atoms with Crippen molar-refractivity contribution in [1.82, 2.24) is 10.3 Å². The first kappa shape index (κ1) is 16.1. The van der Waals surface area contributed by atoms with Crippen LogP contribution in [0.5, 0.6) is 0 Å². The van der Waals surface area contributed by atoms with E-state index < -0.39 is 17.5 Å². The molecule has 3 N–H and O–H groups in total. The number of nitrogens with zero attached hydrogens (tertiary/aromatic N) is 1. The first-order chi connectivity index (χ1) is 10.3. The Bertz CT molecular complexity index is 695. The summed E-state index contributed by atoms with van der Waals surface area (Å²) in [7, 11) is 0. The molecule has 6 nitrogen and oxygen atoms in total. The van der Waals surface area contributed by atoms with E-state index in [4.69, 9.17) is 5.11 Å². The molecule has 0 aliphatic rings. The third kappa shape index (κ3) is 3.49. The van der Waals surface area contributed by atoms with Gasteiger partial charge in [0.15, 0.2) is 5.60 Å². The molecule has 0 aliphatic heterocycles. The van der Waals surface area contributed by atoms with Crippen LogP contribution < -0.4 is 5.32 Å². The van der Waals surface area contributed by atoms with Gasteiger partial charge in [-0.15, -0.1) is 11.3 Å². The summed E-state index contributed by atoms with van der Waals surface area (Å²) in [6.07, 6.45) is 0. The van der Waals surface area contributed by atoms with Crippen molar-refractivity contribution in [3.63, 3.8) is 0 Å². The van der Waals surface area contributed by atoms with Gasteiger partial charge in [0.05, 0.1) is 17.2 Å². The lowest BCUT2D eigenvalue weighted by Crippen LogP contribution is -2.46. The number of rotatable bonds is 5. The number of hydrogen-bond acceptors (Lipinski definition) is 5. The van der Waals surface area contributed by atoms with E-state index in [2.05, 4.69) is 10.3 Å². The third-order valence-electron chi connectivity index (χ3n) is 3.04. The highest BCUT2D eigenvalue weighted by atomic mass is 32.1. The number of benzene rings is 1. The first-order valence-corrected chi connectivity index (χ1v) is 7.40. The van der Waals surface area contributed by atoms with Gasteiger partial charge in [-0.25, -0.2) is 9.78 Å². The fourth-order valence-electron chi connectivity index (χ4n) is 1.78. The zero-order valence-electron chi connectivity index (χ0n) is 12.2. The maximum Gasteiger partial charge on any atom is 0.337 e. The number of nitrogens with one attached hydrogen (secondary N) is 1. The average Bonchev–Trinajstić information content (AvgIpc) is 2.87. The molecule has 0 spiro atoms. The average molecular weight is 320 g/mol. The molecule has 1 unspecified atom stereocenters. The molecular formula is C15H16N2O4S. The number of aromatic nitrogens is 1. The zero-order valence-corrected chi connectivity index (χ0v) is 13.0. The molecule has 1 aromatic carbocycles. The number of thiazole rings is 1. The number of hydrogen-bond donors (Lipinski definition) is 3. The standard InChI is InChI=1S/C15H16N2O4S/c1-9-17-11(10-6-4-3-5-7-10)12(22-9)13(18)16-8-15(2,21)14(19)20/h3-7,21H,8H2,1-2H3,(H,16,18)(H,19,20). The van der Waals surface area contributed by atoms with Gasteiger partial charge in [-0.2, -0.15) is 0 Å². The van der Waals surface area contributed by atoms with Crippen molar-refractivity contribution < 1.29 is 19.8 Å². The SMILES string of the molecule is Cc1nc(-c2ccccc2)c(C(=O)NCC(C)(O)C(=O)O)s1. The molecule has 0 radical (unpaired) electrons. The molecule has 0 aliphatic carbocycles. The number of amides is 1. The van der Waals surface area contributed by atoms with Gasteiger partial charge < -0.3 is 15.5 Å². The molecule has 0 fully saturated rings. The number of carbonyl (C=O) groups excluding carboxylic acids is 1. The van der Waals surface area contributed by atoms with E-state index in [1.807, 2.05) is 30.3 Å². The molecule has 1 atom stereocenters. The number of carboxylic acids is 1. The van der Waals surface area contributed by atoms with Crippen molar-refractivity contribution in [2.24, 2.45) is 0 Å². The van der Waals surface area contributed by atoms with Crippen LogP contribution >= 0.6 is 11.3 Å². The topological polar surface area (TPSA) is 99.5 Å². The molecule has 2 aromatic rings. The zero-order chi connectivity index (χ0) is 16.3. The number of aliphatic carboxylic acids is 1. The summed E-state index contributed by atoms with van der Waals surface area (Å²) in [5, 5.41) is 21.7. The van der Waals surface area contributed by atoms with E-state index in [1.54, 1.807) is 6.92 Å². The predicted molar refractivity (Wildman–Crippen MR) is 82.9 cm³/mol. The summed E-state index contributed by atoms with van der Waals surface area (Å²) in [5.41, 5.74) is -0.653. The molecule has 0 saturated carbocycles. The molecule has 7 heteroatoms. The van der Waals surface area contributed by atoms with Crippen LogP contribution in [0.4, 0.5) is 0 Å². The van der Waals surface area contributed by atoms with Crippen molar-refractivity contribution >= 4 is 23.2 Å². The minimum absolute atomic E-state index is 0.383. The fraction of sp³-hybridized carbons (Fsp3) is 0.267. The van der Waals surface area contributed by atoms with Crippen LogP contribution in [0, 0.1) is 6.92 Å². The minimum atomic E-state index is -2.01. The predicted octanol–water partition coefficient (Wildman–Crippen LogP) is 1.68. The molecule has 0 saturated heterocycles. The molecule has 1 heterocycles. The summed E-state index contributed by atoms with van der Waals surface area (Å²) >= 11 is 1.22. The summed E-state index contributed by atoms with van der Waals surface area (Å²) in [6.45, 7) is 2.54. The molecule has 116 valence electrons. The lowest BCUT2D eigenvalue weighted by molar-refractivity contribution is -0.155. The third-order valence-corrected chi connectivity index (χ3v) is 4.01. The monoisotopic (exact) mass is 320 g/mol. The summed E-state index contributed by atoms with van der Waals surface area (Å²) in [6, 6.07) is 9.26. The van der Waals surface area contributed by atoms with Gasteiger partial charge in [-0.1, -0.05) is 30.3 Å². The van der Waals surface area contributed by atoms with Crippen LogP contribution in [-0.4, -0.2) is 39.2 Å². The van der Waals surface area contributed by atoms with Gasteiger partial charge in [-0.05, 0) is 13.8 Å². The summed E-state index contributed by atoms with van der Waals surface area (Å²) in [5.74, 6) is -1.84. The largest absolute Gasteiger partial charge is 0.479 e. The summed E-state index contributed by atoms with van der Waals surface area (Å²) < 4.78 is 0. The van der Waals surface area contributed by atoms with E-state index in [-0.39, 0.29) is 6.54 Å². The molecular weight excluding hydrogens is 304 g/mol. The second-order valence-corrected chi connectivity index (χ2v) is 6.24. The second kappa shape index (κ2) is 6.25. The van der Waals surface area contributed by atoms with Crippen LogP contribution in [0.15, 0.2) is 30.3 Å². The van der Waals surface area contributed by atoms with Crippen molar-refractivity contribution in [3.8, 4) is 11.3 Å². The second-order valence-electron chi connectivity index (χ2n) is 5.04. The molecule has 2 rings (SSSR count). The molecule has 1 amide bonds. The lowest BCUT2D eigenvalue weighted by atomic mass is 10.1. The highest BCUT2D eigenvalue weighted by Crippen LogP contribution is 2.27. The minimum Gasteiger partial charge on any atom is -0.479 e. The smallest absolute Gasteiger partial charge is 0.337 e. The molecule has 1 aromatic heterocycles. The number of carboxylic acid groups (broad SMARTS) is 1. The van der Waals surface area contributed by atoms with E-state index >= 15 is 0 Å². The van der Waals surface area contributed by atoms with E-state index in [0.29, 0.717) is 10.6 Å². The Kier molecular flexibility index (Phi) is 4.58. The quantitative estimate of drug-likeness (QED) is 0.778. The molecule has 22 heavy (non-hydrogen) atoms. The maximum atomic E-state index is 12.3. The van der Waals surface area contributed by atoms with E-state index in [0.717, 1.165) is 17.5 Å². The van der Waals surface area contributed by atoms with Gasteiger partial charge in [0.1, 0.15) is 4.88 Å². The van der Waals surface area contributed by atoms with Crippen LogP contribution in [0.1, 0.15) is 21.6 Å². The Balaban J connectivity index is 2.23. The van der Waals surface area contributed by atoms with Gasteiger partial charge in [0.2, 0.25) is 0 Å². The normalized spacial score (nSPS) is 13.4. The summed E-state index contributed by atoms with van der Waals surface area (Å²) in [4.78, 5) is 27.9. The van der Waals surface area contributed by atoms with Crippen LogP contribution in [0.25, 0.3) is 11.3 Å². The maximum absolute atomic E-state index is 12.3. The number of carbonyl (C=O) groups is 2. The Hall–Kier alpha value is -2.25. The van der Waals surface area contributed by atoms with Crippen LogP contribution in [-0.2, 0) is 4.79 Å². The highest BCUT2D eigenvalue weighted by molar-refractivity contribution is 7.14. The van der Waals surface area contributed by atoms with Gasteiger partial charge in [-0.3, -0.25) is 4.79 Å². The van der Waals surface area contributed by atoms with Crippen LogP contribution in [0.3, 0.4) is 0 Å². The van der Waals surface area contributed by atoms with Crippen molar-refractivity contribution in [1.29, 1.82) is 0 Å². The Morgan fingerprint density at radius 1 is 1.32 bits per heavy atom. The number of aliphatic hydroxyl groups is 1. The van der Waals surface area contributed by atoms with Gasteiger partial charge in [0.25, 0.3) is 5.91 Å². The number of aryl methyl sites for hydroxylation is 1. The van der Waals surface area contributed by atoms with Crippen molar-refractivity contribution in [3.05, 3.63) is 40.2 Å². The molecule has 0 bridgehead atoms. The highest BCUT2D eigenvalue weighted by Gasteiger charge is 2.31. The van der Waals surface area contributed by atoms with Crippen molar-refractivity contribution in [2.45, 2.75) is 19.4 Å². The van der Waals surface area contributed by atoms with Gasteiger partial charge in [0, 0.05) is 5.56 Å². The van der Waals surface area contributed by atoms with Crippen LogP contribution in [0.2, 0.25) is 0 Å². The Morgan fingerprint density at radius 3 is 2.55 bits per heavy atom. The Morgan fingerprint density at radius 2 is 1.95 bits per heavy atom.